The maximum Gasteiger partial charge on any atom is 0.339 e. The molecule has 13 heteroatoms. The number of cyclic esters (lactones) is 1. The first-order valence-electron chi connectivity index (χ1n) is 14.4. The van der Waals surface area contributed by atoms with E-state index >= 15 is 0 Å². The third-order valence-electron chi connectivity index (χ3n) is 8.63. The Hall–Kier alpha value is -2.19. The molecule has 0 fully saturated rings. The number of nitrogens with zero attached hydrogens (tertiary/aromatic N) is 2. The number of aliphatic hydroxyl groups is 1. The average molecular weight is 639 g/mol. The minimum absolute atomic E-state index is 0.0709. The van der Waals surface area contributed by atoms with Crippen molar-refractivity contribution in [1.29, 1.82) is 0 Å². The summed E-state index contributed by atoms with van der Waals surface area (Å²) in [4.78, 5) is 18.9. The third-order valence-corrected chi connectivity index (χ3v) is 14.4. The molecule has 0 bridgehead atoms. The van der Waals surface area contributed by atoms with E-state index in [2.05, 4.69) is 56.2 Å². The van der Waals surface area contributed by atoms with Crippen molar-refractivity contribution in [1.82, 2.24) is 15.5 Å². The molecule has 42 heavy (non-hydrogen) atoms. The normalized spacial score (nSPS) is 19.5. The maximum atomic E-state index is 13.8. The number of fused-ring (bicyclic) bond motifs is 1. The van der Waals surface area contributed by atoms with Gasteiger partial charge in [-0.15, -0.1) is 0 Å². The number of thioether (sulfide) groups is 1. The van der Waals surface area contributed by atoms with Gasteiger partial charge in [-0.25, -0.2) is 4.79 Å². The third kappa shape index (κ3) is 7.84. The number of ether oxygens (including phenoxy) is 2. The zero-order valence-electron chi connectivity index (χ0n) is 26.0. The molecule has 1 aliphatic rings. The molecule has 4 N–H and O–H groups in total. The Morgan fingerprint density at radius 2 is 2.05 bits per heavy atom. The summed E-state index contributed by atoms with van der Waals surface area (Å²) in [6, 6.07) is 1.53. The van der Waals surface area contributed by atoms with Gasteiger partial charge >= 0.3 is 5.97 Å². The molecule has 0 radical (unpaired) electrons. The quantitative estimate of drug-likeness (QED) is 0.192. The van der Waals surface area contributed by atoms with Gasteiger partial charge in [-0.2, -0.15) is 16.7 Å². The van der Waals surface area contributed by atoms with Gasteiger partial charge in [0.2, 0.25) is 5.89 Å². The van der Waals surface area contributed by atoms with Crippen LogP contribution in [0, 0.1) is 12.8 Å². The van der Waals surface area contributed by atoms with Crippen LogP contribution in [0.15, 0.2) is 10.6 Å². The number of nitrogens with one attached hydrogen (secondary N) is 1. The monoisotopic (exact) mass is 638 g/mol. The van der Waals surface area contributed by atoms with E-state index in [-0.39, 0.29) is 24.2 Å². The first kappa shape index (κ1) is 34.3. The summed E-state index contributed by atoms with van der Waals surface area (Å²) < 4.78 is 24.0. The molecule has 0 amide bonds. The molecule has 1 aromatic heterocycles. The first-order valence-corrected chi connectivity index (χ1v) is 18.8. The van der Waals surface area contributed by atoms with Gasteiger partial charge in [0.15, 0.2) is 5.82 Å². The molecule has 1 aromatic carbocycles. The molecular formula is C29H46N4O6S2Si. The van der Waals surface area contributed by atoms with E-state index in [0.717, 1.165) is 5.56 Å². The van der Waals surface area contributed by atoms with Crippen molar-refractivity contribution in [2.75, 3.05) is 19.5 Å². The fourth-order valence-electron chi connectivity index (χ4n) is 4.71. The summed E-state index contributed by atoms with van der Waals surface area (Å²) in [6.45, 7) is 15.0. The van der Waals surface area contributed by atoms with Crippen molar-refractivity contribution in [3.8, 4) is 11.5 Å². The van der Waals surface area contributed by atoms with Gasteiger partial charge < -0.3 is 34.6 Å². The summed E-state index contributed by atoms with van der Waals surface area (Å²) in [5, 5.41) is 17.3. The largest absolute Gasteiger partial charge is 0.543 e. The predicted octanol–water partition coefficient (Wildman–Crippen LogP) is 5.46. The molecule has 1 aliphatic heterocycles. The first-order chi connectivity index (χ1) is 19.7. The van der Waals surface area contributed by atoms with Crippen LogP contribution < -0.4 is 20.2 Å². The number of nitrogens with two attached hydrogens (primary N) is 1. The van der Waals surface area contributed by atoms with Gasteiger partial charge in [0.1, 0.15) is 23.6 Å². The lowest BCUT2D eigenvalue weighted by atomic mass is 9.99. The second-order valence-corrected chi connectivity index (χ2v) is 18.1. The topological polar surface area (TPSA) is 142 Å². The number of carbonyl (C=O) groups excluding carboxylic acids is 1. The van der Waals surface area contributed by atoms with Gasteiger partial charge in [-0.1, -0.05) is 45.1 Å². The number of methoxy groups -OCH3 is 1. The molecular weight excluding hydrogens is 593 g/mol. The molecule has 234 valence electrons. The molecule has 0 saturated heterocycles. The summed E-state index contributed by atoms with van der Waals surface area (Å²) in [7, 11) is -0.801. The van der Waals surface area contributed by atoms with Crippen LogP contribution in [-0.2, 0) is 17.0 Å². The van der Waals surface area contributed by atoms with Gasteiger partial charge in [-0.05, 0) is 50.2 Å². The molecule has 2 atom stereocenters. The highest BCUT2D eigenvalue weighted by molar-refractivity contribution is 7.98. The Balaban J connectivity index is 2.12. The van der Waals surface area contributed by atoms with Crippen molar-refractivity contribution in [2.45, 2.75) is 96.5 Å². The van der Waals surface area contributed by atoms with Crippen molar-refractivity contribution in [3.63, 3.8) is 0 Å². The number of aromatic nitrogens is 2. The summed E-state index contributed by atoms with van der Waals surface area (Å²) in [6.07, 6.45) is 0.939. The van der Waals surface area contributed by atoms with Crippen molar-refractivity contribution in [2.24, 2.45) is 11.7 Å². The Bertz CT molecular complexity index is 1250. The summed E-state index contributed by atoms with van der Waals surface area (Å²) >= 11 is 7.20. The number of thiocarbonyl (C=S) groups is 1. The number of hydrogen-bond donors (Lipinski definition) is 3. The maximum absolute atomic E-state index is 13.8. The van der Waals surface area contributed by atoms with Crippen molar-refractivity contribution in [3.05, 3.63) is 34.5 Å². The minimum atomic E-state index is -2.38. The summed E-state index contributed by atoms with van der Waals surface area (Å²) in [5.41, 5.74) is 7.51. The van der Waals surface area contributed by atoms with Crippen LogP contribution >= 0.6 is 24.0 Å². The molecule has 10 nitrogen and oxygen atoms in total. The van der Waals surface area contributed by atoms with E-state index in [1.165, 1.54) is 0 Å². The van der Waals surface area contributed by atoms with Crippen LogP contribution in [0.2, 0.25) is 18.1 Å². The van der Waals surface area contributed by atoms with Crippen molar-refractivity contribution >= 4 is 43.3 Å². The van der Waals surface area contributed by atoms with E-state index < -0.39 is 20.4 Å². The molecule has 0 aliphatic carbocycles. The number of benzene rings is 1. The fourth-order valence-corrected chi connectivity index (χ4v) is 8.45. The zero-order chi connectivity index (χ0) is 31.2. The highest BCUT2D eigenvalue weighted by Gasteiger charge is 2.45. The Morgan fingerprint density at radius 3 is 2.64 bits per heavy atom. The molecule has 2 heterocycles. The van der Waals surface area contributed by atoms with Gasteiger partial charge in [0.05, 0.1) is 30.8 Å². The van der Waals surface area contributed by atoms with Crippen LogP contribution in [0.1, 0.15) is 86.2 Å². The molecule has 0 spiro atoms. The number of hydrogen-bond acceptors (Lipinski definition) is 11. The lowest BCUT2D eigenvalue weighted by Gasteiger charge is -2.43. The van der Waals surface area contributed by atoms with Gasteiger partial charge in [-0.3, -0.25) is 0 Å². The highest BCUT2D eigenvalue weighted by Crippen LogP contribution is 2.47. The van der Waals surface area contributed by atoms with Crippen LogP contribution in [0.4, 0.5) is 0 Å². The molecule has 0 unspecified atom stereocenters. The van der Waals surface area contributed by atoms with Gasteiger partial charge in [0, 0.05) is 28.7 Å². The standard InChI is InChI=1S/C29H46N4O6S2Si/c1-17(2)29(4,5)42(7,8)39-23-12-22(36-6)18(3)26-20(23)15-41-16-21(27-32-24(13-30)33-38-27)31-25(40)11-9-10-19(14-34)37-28(26)35/h12,17,19,21,34H,9-11,13-16,30H2,1-8H3,(H,31,40)/t19-,21-/m0/s1. The van der Waals surface area contributed by atoms with E-state index in [4.69, 9.17) is 36.4 Å². The number of carbonyl (C=O) groups is 1. The highest BCUT2D eigenvalue weighted by atomic mass is 32.2. The smallest absolute Gasteiger partial charge is 0.339 e. The lowest BCUT2D eigenvalue weighted by molar-refractivity contribution is 0.0108. The predicted molar refractivity (Wildman–Crippen MR) is 172 cm³/mol. The fraction of sp³-hybridized carbons (Fsp3) is 0.655. The Kier molecular flexibility index (Phi) is 11.9. The number of esters is 1. The number of aliphatic hydroxyl groups excluding tert-OH is 1. The molecule has 3 rings (SSSR count). The van der Waals surface area contributed by atoms with Gasteiger partial charge in [0.25, 0.3) is 8.32 Å². The number of rotatable bonds is 8. The Labute approximate surface area is 260 Å². The second kappa shape index (κ2) is 14.5. The van der Waals surface area contributed by atoms with Crippen LogP contribution in [-0.4, -0.2) is 60.1 Å². The second-order valence-electron chi connectivity index (χ2n) is 12.0. The molecule has 2 aromatic rings. The SMILES string of the molecule is COc1cc(O[Si](C)(C)C(C)(C)C(C)C)c2c(c1C)C(=O)O[C@H](CO)CCCC(=S)N[C@H](c1nc(CN)no1)CSC2. The minimum Gasteiger partial charge on any atom is -0.543 e. The summed E-state index contributed by atoms with van der Waals surface area (Å²) in [5.74, 6) is 2.81. The lowest BCUT2D eigenvalue weighted by Crippen LogP contribution is -2.48. The van der Waals surface area contributed by atoms with E-state index in [0.29, 0.717) is 76.0 Å². The van der Waals surface area contributed by atoms with Crippen LogP contribution in [0.5, 0.6) is 11.5 Å². The average Bonchev–Trinajstić information content (AvgIpc) is 3.41. The molecule has 0 saturated carbocycles. The van der Waals surface area contributed by atoms with Crippen molar-refractivity contribution < 1.29 is 28.3 Å². The Morgan fingerprint density at radius 1 is 1.33 bits per heavy atom. The van der Waals surface area contributed by atoms with E-state index in [9.17, 15) is 9.90 Å². The van der Waals surface area contributed by atoms with E-state index in [1.807, 2.05) is 13.0 Å². The zero-order valence-corrected chi connectivity index (χ0v) is 28.7. The van der Waals surface area contributed by atoms with E-state index in [1.54, 1.807) is 18.9 Å². The van der Waals surface area contributed by atoms with Crippen LogP contribution in [0.25, 0.3) is 0 Å². The van der Waals surface area contributed by atoms with Crippen LogP contribution in [0.3, 0.4) is 0 Å².